The minimum absolute atomic E-state index is 0.131. The Hall–Kier alpha value is -2.62. The van der Waals surface area contributed by atoms with Crippen molar-refractivity contribution in [3.63, 3.8) is 0 Å². The fourth-order valence-corrected chi connectivity index (χ4v) is 4.81. The zero-order chi connectivity index (χ0) is 20.4. The molecule has 2 amide bonds. The molecule has 0 aliphatic carbocycles. The van der Waals surface area contributed by atoms with Gasteiger partial charge in [0.15, 0.2) is 0 Å². The van der Waals surface area contributed by atoms with Crippen LogP contribution in [-0.2, 0) is 0 Å². The van der Waals surface area contributed by atoms with Gasteiger partial charge in [0.05, 0.1) is 11.0 Å². The molecule has 9 heteroatoms. The fourth-order valence-electron chi connectivity index (χ4n) is 3.19. The number of halogens is 1. The molecular formula is C20H18FN3O3S2. The van der Waals surface area contributed by atoms with E-state index in [2.05, 4.69) is 10.3 Å². The van der Waals surface area contributed by atoms with Crippen LogP contribution in [0.5, 0.6) is 0 Å². The molecule has 1 atom stereocenters. The molecule has 3 aromatic rings. The first kappa shape index (κ1) is 19.7. The monoisotopic (exact) mass is 431 g/mol. The lowest BCUT2D eigenvalue weighted by molar-refractivity contribution is 0.0473. The molecule has 1 aliphatic heterocycles. The van der Waals surface area contributed by atoms with Crippen molar-refractivity contribution in [1.82, 2.24) is 9.88 Å². The van der Waals surface area contributed by atoms with Gasteiger partial charge >= 0.3 is 0 Å². The number of aromatic nitrogens is 1. The van der Waals surface area contributed by atoms with Crippen LogP contribution < -0.4 is 5.32 Å². The van der Waals surface area contributed by atoms with E-state index >= 15 is 0 Å². The summed E-state index contributed by atoms with van der Waals surface area (Å²) in [6, 6.07) is 7.57. The van der Waals surface area contributed by atoms with Crippen molar-refractivity contribution >= 4 is 40.2 Å². The van der Waals surface area contributed by atoms with Crippen LogP contribution >= 0.6 is 22.7 Å². The van der Waals surface area contributed by atoms with Crippen LogP contribution in [0.4, 0.5) is 10.1 Å². The fraction of sp³-hybridized carbons (Fsp3) is 0.250. The van der Waals surface area contributed by atoms with Gasteiger partial charge in [-0.2, -0.15) is 0 Å². The largest absolute Gasteiger partial charge is 0.391 e. The molecule has 1 fully saturated rings. The molecule has 0 bridgehead atoms. The van der Waals surface area contributed by atoms with Crippen molar-refractivity contribution in [2.24, 2.45) is 0 Å². The zero-order valence-corrected chi connectivity index (χ0v) is 16.9. The molecule has 1 aliphatic rings. The van der Waals surface area contributed by atoms with E-state index < -0.39 is 17.8 Å². The Morgan fingerprint density at radius 1 is 1.28 bits per heavy atom. The topological polar surface area (TPSA) is 82.5 Å². The third-order valence-electron chi connectivity index (χ3n) is 4.56. The smallest absolute Gasteiger partial charge is 0.275 e. The number of carbonyl (C=O) groups is 2. The Labute approximate surface area is 174 Å². The highest BCUT2D eigenvalue weighted by Gasteiger charge is 2.24. The van der Waals surface area contributed by atoms with E-state index in [1.807, 2.05) is 17.5 Å². The van der Waals surface area contributed by atoms with Gasteiger partial charge in [-0.1, -0.05) is 6.07 Å². The predicted octanol–water partition coefficient (Wildman–Crippen LogP) is 3.86. The van der Waals surface area contributed by atoms with Gasteiger partial charge in [-0.3, -0.25) is 9.59 Å². The number of thiophene rings is 1. The van der Waals surface area contributed by atoms with Gasteiger partial charge in [0.25, 0.3) is 11.8 Å². The minimum atomic E-state index is -0.624. The number of hydrogen-bond donors (Lipinski definition) is 2. The molecule has 2 N–H and O–H groups in total. The zero-order valence-electron chi connectivity index (χ0n) is 15.3. The number of nitrogens with zero attached hydrogens (tertiary/aromatic N) is 2. The molecule has 2 aromatic heterocycles. The van der Waals surface area contributed by atoms with Crippen molar-refractivity contribution < 1.29 is 19.1 Å². The predicted molar refractivity (Wildman–Crippen MR) is 111 cm³/mol. The van der Waals surface area contributed by atoms with Crippen LogP contribution in [0.1, 0.15) is 33.7 Å². The van der Waals surface area contributed by atoms with Gasteiger partial charge in [-0.15, -0.1) is 22.7 Å². The van der Waals surface area contributed by atoms with E-state index in [9.17, 15) is 19.1 Å². The summed E-state index contributed by atoms with van der Waals surface area (Å²) in [5, 5.41) is 16.7. The first-order valence-corrected chi connectivity index (χ1v) is 10.8. The maximum Gasteiger partial charge on any atom is 0.275 e. The highest BCUT2D eigenvalue weighted by atomic mass is 32.1. The highest BCUT2D eigenvalue weighted by molar-refractivity contribution is 7.20. The third-order valence-corrected chi connectivity index (χ3v) is 6.44. The second-order valence-corrected chi connectivity index (χ2v) is 8.55. The first-order chi connectivity index (χ1) is 14.0. The van der Waals surface area contributed by atoms with Crippen LogP contribution in [-0.4, -0.2) is 46.0 Å². The average Bonchev–Trinajstić information content (AvgIpc) is 3.38. The Morgan fingerprint density at radius 2 is 2.14 bits per heavy atom. The lowest BCUT2D eigenvalue weighted by Crippen LogP contribution is -2.42. The van der Waals surface area contributed by atoms with E-state index in [0.29, 0.717) is 19.4 Å². The van der Waals surface area contributed by atoms with Crippen LogP contribution in [0.2, 0.25) is 0 Å². The number of rotatable bonds is 4. The van der Waals surface area contributed by atoms with E-state index in [-0.39, 0.29) is 29.4 Å². The van der Waals surface area contributed by atoms with Crippen LogP contribution in [0, 0.1) is 5.82 Å². The normalized spacial score (nSPS) is 16.6. The van der Waals surface area contributed by atoms with Crippen LogP contribution in [0.15, 0.2) is 41.1 Å². The van der Waals surface area contributed by atoms with Gasteiger partial charge in [-0.25, -0.2) is 9.37 Å². The molecule has 0 saturated carbocycles. The quantitative estimate of drug-likeness (QED) is 0.657. The third kappa shape index (κ3) is 4.52. The molecule has 6 nitrogen and oxygen atoms in total. The summed E-state index contributed by atoms with van der Waals surface area (Å²) in [7, 11) is 0. The SMILES string of the molecule is O=C(Nc1cc(F)cc(C(=O)N2CCCC(O)C2)c1)c1csc(-c2cccs2)n1. The van der Waals surface area contributed by atoms with Gasteiger partial charge in [0, 0.05) is 29.7 Å². The minimum Gasteiger partial charge on any atom is -0.391 e. The molecule has 0 spiro atoms. The standard InChI is InChI=1S/C20H18FN3O3S2/c21-13-7-12(20(27)24-5-1-3-15(25)10-24)8-14(9-13)22-18(26)16-11-29-19(23-16)17-4-2-6-28-17/h2,4,6-9,11,15,25H,1,3,5,10H2,(H,22,26). The van der Waals surface area contributed by atoms with Crippen molar-refractivity contribution in [2.45, 2.75) is 18.9 Å². The number of aliphatic hydroxyl groups excluding tert-OH is 1. The van der Waals surface area contributed by atoms with Crippen molar-refractivity contribution in [3.8, 4) is 9.88 Å². The van der Waals surface area contributed by atoms with Crippen molar-refractivity contribution in [2.75, 3.05) is 18.4 Å². The van der Waals surface area contributed by atoms with Gasteiger partial charge < -0.3 is 15.3 Å². The molecule has 1 unspecified atom stereocenters. The maximum absolute atomic E-state index is 14.1. The summed E-state index contributed by atoms with van der Waals surface area (Å²) in [5.41, 5.74) is 0.545. The van der Waals surface area contributed by atoms with Crippen LogP contribution in [0.25, 0.3) is 9.88 Å². The summed E-state index contributed by atoms with van der Waals surface area (Å²) >= 11 is 2.89. The number of nitrogens with one attached hydrogen (secondary N) is 1. The lowest BCUT2D eigenvalue weighted by Gasteiger charge is -2.30. The van der Waals surface area contributed by atoms with E-state index in [0.717, 1.165) is 22.0 Å². The molecule has 0 radical (unpaired) electrons. The molecular weight excluding hydrogens is 413 g/mol. The summed E-state index contributed by atoms with van der Waals surface area (Å²) < 4.78 is 14.1. The Morgan fingerprint density at radius 3 is 2.90 bits per heavy atom. The number of aliphatic hydroxyl groups is 1. The van der Waals surface area contributed by atoms with E-state index in [1.165, 1.54) is 33.6 Å². The number of hydrogen-bond acceptors (Lipinski definition) is 6. The summed E-state index contributed by atoms with van der Waals surface area (Å²) in [5.74, 6) is -1.46. The maximum atomic E-state index is 14.1. The Balaban J connectivity index is 1.50. The Bertz CT molecular complexity index is 1040. The highest BCUT2D eigenvalue weighted by Crippen LogP contribution is 2.28. The number of likely N-dealkylation sites (tertiary alicyclic amines) is 1. The molecule has 3 heterocycles. The lowest BCUT2D eigenvalue weighted by atomic mass is 10.1. The van der Waals surface area contributed by atoms with Crippen LogP contribution in [0.3, 0.4) is 0 Å². The molecule has 4 rings (SSSR count). The molecule has 150 valence electrons. The summed E-state index contributed by atoms with van der Waals surface area (Å²) in [6.07, 6.45) is 0.778. The number of benzene rings is 1. The van der Waals surface area contributed by atoms with Crippen molar-refractivity contribution in [1.29, 1.82) is 0 Å². The Kier molecular flexibility index (Phi) is 5.70. The number of amides is 2. The first-order valence-electron chi connectivity index (χ1n) is 9.08. The number of piperidine rings is 1. The molecule has 29 heavy (non-hydrogen) atoms. The summed E-state index contributed by atoms with van der Waals surface area (Å²) in [6.45, 7) is 0.736. The van der Waals surface area contributed by atoms with Crippen molar-refractivity contribution in [3.05, 3.63) is 58.2 Å². The summed E-state index contributed by atoms with van der Waals surface area (Å²) in [4.78, 5) is 32.0. The van der Waals surface area contributed by atoms with Gasteiger partial charge in [0.1, 0.15) is 16.5 Å². The van der Waals surface area contributed by atoms with Gasteiger partial charge in [-0.05, 0) is 42.5 Å². The van der Waals surface area contributed by atoms with Gasteiger partial charge in [0.2, 0.25) is 0 Å². The second kappa shape index (κ2) is 8.40. The average molecular weight is 432 g/mol. The van der Waals surface area contributed by atoms with E-state index in [1.54, 1.807) is 5.38 Å². The number of carbonyl (C=O) groups excluding carboxylic acids is 2. The second-order valence-electron chi connectivity index (χ2n) is 6.75. The molecule has 1 saturated heterocycles. The molecule has 1 aromatic carbocycles. The number of thiazole rings is 1. The number of anilines is 1. The number of β-amino-alcohol motifs (C(OH)–C–C–N with tert-alkyl or cyclic N) is 1. The van der Waals surface area contributed by atoms with E-state index in [4.69, 9.17) is 0 Å².